The van der Waals surface area contributed by atoms with Crippen molar-refractivity contribution in [2.75, 3.05) is 0 Å². The van der Waals surface area contributed by atoms with E-state index in [9.17, 15) is 18.3 Å². The Bertz CT molecular complexity index is 1150. The number of aromatic nitrogens is 3. The van der Waals surface area contributed by atoms with Crippen molar-refractivity contribution in [2.45, 2.75) is 37.8 Å². The van der Waals surface area contributed by atoms with Crippen molar-refractivity contribution in [3.05, 3.63) is 101 Å². The number of nitrogens with zero attached hydrogens (tertiary/aromatic N) is 3. The van der Waals surface area contributed by atoms with E-state index in [2.05, 4.69) is 41.4 Å². The van der Waals surface area contributed by atoms with Gasteiger partial charge in [-0.05, 0) is 34.8 Å². The van der Waals surface area contributed by atoms with E-state index < -0.39 is 11.7 Å². The molecule has 0 fully saturated rings. The molecule has 1 aliphatic carbocycles. The lowest BCUT2D eigenvalue weighted by Gasteiger charge is -2.25. The van der Waals surface area contributed by atoms with Crippen molar-refractivity contribution in [3.63, 3.8) is 0 Å². The minimum absolute atomic E-state index is 0.150. The van der Waals surface area contributed by atoms with E-state index >= 15 is 0 Å². The zero-order valence-corrected chi connectivity index (χ0v) is 19.6. The fourth-order valence-electron chi connectivity index (χ4n) is 3.99. The van der Waals surface area contributed by atoms with Gasteiger partial charge in [0.25, 0.3) is 0 Å². The molecule has 1 N–H and O–H groups in total. The number of benzene rings is 2. The summed E-state index contributed by atoms with van der Waals surface area (Å²) in [6, 6.07) is 15.5. The van der Waals surface area contributed by atoms with Crippen molar-refractivity contribution < 1.29 is 18.3 Å². The first-order chi connectivity index (χ1) is 16.3. The van der Waals surface area contributed by atoms with E-state index in [1.54, 1.807) is 11.8 Å². The van der Waals surface area contributed by atoms with Crippen LogP contribution in [-0.2, 0) is 30.8 Å². The molecule has 2 aromatic carbocycles. The second-order valence-electron chi connectivity index (χ2n) is 8.36. The van der Waals surface area contributed by atoms with Gasteiger partial charge in [-0.1, -0.05) is 67.6 Å². The number of rotatable bonds is 8. The van der Waals surface area contributed by atoms with Crippen LogP contribution in [0.25, 0.3) is 5.57 Å². The summed E-state index contributed by atoms with van der Waals surface area (Å²) in [5, 5.41) is 18.2. The smallest absolute Gasteiger partial charge is 0.388 e. The van der Waals surface area contributed by atoms with Gasteiger partial charge in [-0.2, -0.15) is 13.2 Å². The third kappa shape index (κ3) is 5.80. The predicted molar refractivity (Wildman–Crippen MR) is 129 cm³/mol. The summed E-state index contributed by atoms with van der Waals surface area (Å²) in [7, 11) is 0. The second kappa shape index (κ2) is 10.6. The summed E-state index contributed by atoms with van der Waals surface area (Å²) in [6.45, 7) is 2.53. The highest BCUT2D eigenvalue weighted by Crippen LogP contribution is 2.33. The molecule has 3 aromatic rings. The van der Waals surface area contributed by atoms with Gasteiger partial charge in [-0.25, -0.2) is 0 Å². The summed E-state index contributed by atoms with van der Waals surface area (Å²) in [5.74, 6) is 3.20. The van der Waals surface area contributed by atoms with E-state index in [-0.39, 0.29) is 18.4 Å². The number of allylic oxidation sites excluding steroid dienone is 4. The molecule has 0 saturated heterocycles. The molecule has 0 saturated carbocycles. The molecule has 4 nitrogen and oxygen atoms in total. The Balaban J connectivity index is 1.43. The molecule has 8 heteroatoms. The fraction of sp³-hybridized carbons (Fsp3) is 0.308. The topological polar surface area (TPSA) is 50.9 Å². The van der Waals surface area contributed by atoms with Crippen LogP contribution in [0.3, 0.4) is 0 Å². The molecule has 2 unspecified atom stereocenters. The highest BCUT2D eigenvalue weighted by molar-refractivity contribution is 7.97. The first-order valence-electron chi connectivity index (χ1n) is 11.1. The largest absolute Gasteiger partial charge is 0.416 e. The predicted octanol–water partition coefficient (Wildman–Crippen LogP) is 6.13. The molecule has 1 heterocycles. The fourth-order valence-corrected chi connectivity index (χ4v) is 4.91. The first kappa shape index (κ1) is 24.3. The van der Waals surface area contributed by atoms with E-state index in [1.165, 1.54) is 17.7 Å². The summed E-state index contributed by atoms with van der Waals surface area (Å²) >= 11 is 1.75. The van der Waals surface area contributed by atoms with Crippen LogP contribution in [0.1, 0.15) is 35.3 Å². The molecule has 0 bridgehead atoms. The maximum Gasteiger partial charge on any atom is 0.416 e. The third-order valence-electron chi connectivity index (χ3n) is 5.97. The lowest BCUT2D eigenvalue weighted by atomic mass is 9.85. The van der Waals surface area contributed by atoms with E-state index in [4.69, 9.17) is 0 Å². The molecule has 34 heavy (non-hydrogen) atoms. The standard InChI is InChI=1S/C26H26F3N3OS/c1-18-13-21(20-9-11-23(12-10-20)26(27,28)29)7-8-22(18)14-32-24(15-33)30-31-25(32)17-34-16-19-5-3-2-4-6-19/h2-13,18,22,33H,14-17H2,1H3. The number of hydrogen-bond donors (Lipinski definition) is 1. The molecule has 1 aromatic heterocycles. The number of hydrogen-bond acceptors (Lipinski definition) is 4. The molecule has 0 spiro atoms. The average molecular weight is 486 g/mol. The highest BCUT2D eigenvalue weighted by Gasteiger charge is 2.30. The Kier molecular flexibility index (Phi) is 7.58. The van der Waals surface area contributed by atoms with Gasteiger partial charge in [0.15, 0.2) is 5.82 Å². The quantitative estimate of drug-likeness (QED) is 0.417. The van der Waals surface area contributed by atoms with Crippen molar-refractivity contribution in [2.24, 2.45) is 11.8 Å². The first-order valence-corrected chi connectivity index (χ1v) is 12.2. The molecule has 1 aliphatic rings. The maximum atomic E-state index is 12.9. The molecule has 0 radical (unpaired) electrons. The van der Waals surface area contributed by atoms with Crippen molar-refractivity contribution >= 4 is 17.3 Å². The van der Waals surface area contributed by atoms with Gasteiger partial charge in [0.1, 0.15) is 12.4 Å². The van der Waals surface area contributed by atoms with E-state index in [1.807, 2.05) is 28.8 Å². The minimum atomic E-state index is -4.34. The zero-order chi connectivity index (χ0) is 24.1. The van der Waals surface area contributed by atoms with Crippen LogP contribution in [0.4, 0.5) is 13.2 Å². The van der Waals surface area contributed by atoms with Crippen LogP contribution < -0.4 is 0 Å². The van der Waals surface area contributed by atoms with Crippen LogP contribution in [0.5, 0.6) is 0 Å². The Morgan fingerprint density at radius 1 is 0.971 bits per heavy atom. The number of halogens is 3. The average Bonchev–Trinajstić information content (AvgIpc) is 3.22. The Hall–Kier alpha value is -2.84. The van der Waals surface area contributed by atoms with Crippen LogP contribution in [-0.4, -0.2) is 19.9 Å². The van der Waals surface area contributed by atoms with Gasteiger partial charge in [0, 0.05) is 18.2 Å². The SMILES string of the molecule is CC1C=C(c2ccc(C(F)(F)F)cc2)C=CC1Cn1c(CO)nnc1CSCc1ccccc1. The highest BCUT2D eigenvalue weighted by atomic mass is 32.2. The van der Waals surface area contributed by atoms with Gasteiger partial charge in [-0.3, -0.25) is 0 Å². The lowest BCUT2D eigenvalue weighted by Crippen LogP contribution is -2.20. The third-order valence-corrected chi connectivity index (χ3v) is 6.97. The number of thioether (sulfide) groups is 1. The van der Waals surface area contributed by atoms with E-state index in [0.29, 0.717) is 18.1 Å². The minimum Gasteiger partial charge on any atom is -0.388 e. The lowest BCUT2D eigenvalue weighted by molar-refractivity contribution is -0.137. The molecule has 178 valence electrons. The Morgan fingerprint density at radius 3 is 2.32 bits per heavy atom. The Labute approximate surface area is 201 Å². The Morgan fingerprint density at radius 2 is 1.68 bits per heavy atom. The molecule has 4 rings (SSSR count). The van der Waals surface area contributed by atoms with Crippen LogP contribution in [0, 0.1) is 11.8 Å². The van der Waals surface area contributed by atoms with Crippen molar-refractivity contribution in [1.82, 2.24) is 14.8 Å². The molecular weight excluding hydrogens is 459 g/mol. The van der Waals surface area contributed by atoms with E-state index in [0.717, 1.165) is 34.8 Å². The van der Waals surface area contributed by atoms with Crippen molar-refractivity contribution in [3.8, 4) is 0 Å². The number of alkyl halides is 3. The molecule has 0 amide bonds. The van der Waals surface area contributed by atoms with Gasteiger partial charge >= 0.3 is 6.18 Å². The molecule has 0 aliphatic heterocycles. The summed E-state index contributed by atoms with van der Waals surface area (Å²) in [6.07, 6.45) is 1.79. The number of aliphatic hydroxyl groups excluding tert-OH is 1. The van der Waals surface area contributed by atoms with Crippen LogP contribution in [0.2, 0.25) is 0 Å². The zero-order valence-electron chi connectivity index (χ0n) is 18.7. The van der Waals surface area contributed by atoms with Gasteiger partial charge in [0.05, 0.1) is 11.3 Å². The van der Waals surface area contributed by atoms with Crippen LogP contribution in [0.15, 0.2) is 72.8 Å². The molecule has 2 atom stereocenters. The normalized spacial score (nSPS) is 18.2. The summed E-state index contributed by atoms with van der Waals surface area (Å²) in [4.78, 5) is 0. The second-order valence-corrected chi connectivity index (χ2v) is 9.34. The monoisotopic (exact) mass is 485 g/mol. The van der Waals surface area contributed by atoms with Crippen LogP contribution >= 0.6 is 11.8 Å². The summed E-state index contributed by atoms with van der Waals surface area (Å²) < 4.78 is 40.5. The molecular formula is C26H26F3N3OS. The van der Waals surface area contributed by atoms with Gasteiger partial charge in [-0.15, -0.1) is 22.0 Å². The summed E-state index contributed by atoms with van der Waals surface area (Å²) in [5.41, 5.74) is 2.25. The number of aliphatic hydroxyl groups is 1. The van der Waals surface area contributed by atoms with Gasteiger partial charge < -0.3 is 9.67 Å². The van der Waals surface area contributed by atoms with Crippen molar-refractivity contribution in [1.29, 1.82) is 0 Å². The maximum absolute atomic E-state index is 12.9. The van der Waals surface area contributed by atoms with Gasteiger partial charge in [0.2, 0.25) is 0 Å².